The fourth-order valence-corrected chi connectivity index (χ4v) is 4.90. The van der Waals surface area contributed by atoms with Crippen LogP contribution in [0.4, 0.5) is 0 Å². The summed E-state index contributed by atoms with van der Waals surface area (Å²) >= 11 is 0. The number of phenolic OH excluding ortho intramolecular Hbond substituents is 2. The summed E-state index contributed by atoms with van der Waals surface area (Å²) in [7, 11) is 0. The van der Waals surface area contributed by atoms with E-state index in [1.54, 1.807) is 24.3 Å². The number of rotatable bonds is 4. The van der Waals surface area contributed by atoms with Gasteiger partial charge in [-0.1, -0.05) is 18.2 Å². The number of nitrogens with zero attached hydrogens (tertiary/aromatic N) is 3. The number of aromatic nitrogens is 3. The maximum Gasteiger partial charge on any atom is 0.116 e. The van der Waals surface area contributed by atoms with E-state index < -0.39 is 0 Å². The largest absolute Gasteiger partial charge is 0.508 e. The first kappa shape index (κ1) is 23.2. The molecule has 5 aromatic rings. The van der Waals surface area contributed by atoms with Gasteiger partial charge in [-0.15, -0.1) is 0 Å². The molecule has 5 rings (SSSR count). The highest BCUT2D eigenvalue weighted by Gasteiger charge is 2.12. The standard InChI is InChI=1S/C31H27N3O2/c1-18-12-24(35)13-19(2)30(18)22-8-10-26(32-16-22)28-6-5-7-29(34-28)27-11-9-23(17-33-27)31-20(3)14-25(36)15-21(31)4/h5-17,35-36H,1-4H3. The molecule has 0 amide bonds. The first-order valence-electron chi connectivity index (χ1n) is 11.8. The molecule has 36 heavy (non-hydrogen) atoms. The van der Waals surface area contributed by atoms with Crippen LogP contribution in [0.25, 0.3) is 45.0 Å². The third kappa shape index (κ3) is 4.43. The Bertz CT molecular complexity index is 1410. The predicted molar refractivity (Wildman–Crippen MR) is 144 cm³/mol. The van der Waals surface area contributed by atoms with Gasteiger partial charge in [-0.3, -0.25) is 9.97 Å². The van der Waals surface area contributed by atoms with Crippen molar-refractivity contribution in [2.45, 2.75) is 27.7 Å². The van der Waals surface area contributed by atoms with Gasteiger partial charge in [0.15, 0.2) is 0 Å². The summed E-state index contributed by atoms with van der Waals surface area (Å²) < 4.78 is 0. The molecule has 3 heterocycles. The Kier molecular flexibility index (Phi) is 5.98. The fourth-order valence-electron chi connectivity index (χ4n) is 4.90. The zero-order chi connectivity index (χ0) is 25.4. The molecule has 0 radical (unpaired) electrons. The molecule has 178 valence electrons. The molecule has 0 fully saturated rings. The van der Waals surface area contributed by atoms with Crippen LogP contribution in [-0.2, 0) is 0 Å². The van der Waals surface area contributed by atoms with Crippen molar-refractivity contribution in [3.63, 3.8) is 0 Å². The second kappa shape index (κ2) is 9.27. The highest BCUT2D eigenvalue weighted by molar-refractivity contribution is 5.74. The van der Waals surface area contributed by atoms with Gasteiger partial charge in [0.25, 0.3) is 0 Å². The number of benzene rings is 2. The van der Waals surface area contributed by atoms with Gasteiger partial charge in [-0.25, -0.2) is 4.98 Å². The van der Waals surface area contributed by atoms with Gasteiger partial charge in [-0.05, 0) is 110 Å². The zero-order valence-corrected chi connectivity index (χ0v) is 20.7. The minimum Gasteiger partial charge on any atom is -0.508 e. The molecule has 0 bridgehead atoms. The number of aryl methyl sites for hydroxylation is 4. The second-order valence-corrected chi connectivity index (χ2v) is 9.18. The Labute approximate surface area is 210 Å². The first-order valence-corrected chi connectivity index (χ1v) is 11.8. The van der Waals surface area contributed by atoms with Gasteiger partial charge in [-0.2, -0.15) is 0 Å². The van der Waals surface area contributed by atoms with Crippen molar-refractivity contribution in [3.8, 4) is 56.5 Å². The lowest BCUT2D eigenvalue weighted by Gasteiger charge is -2.12. The Balaban J connectivity index is 1.43. The van der Waals surface area contributed by atoms with Crippen molar-refractivity contribution in [1.82, 2.24) is 15.0 Å². The lowest BCUT2D eigenvalue weighted by molar-refractivity contribution is 0.474. The molecule has 3 aromatic heterocycles. The van der Waals surface area contributed by atoms with Crippen LogP contribution in [0.5, 0.6) is 11.5 Å². The average molecular weight is 474 g/mol. The maximum atomic E-state index is 9.85. The number of phenols is 2. The highest BCUT2D eigenvalue weighted by Crippen LogP contribution is 2.33. The summed E-state index contributed by atoms with van der Waals surface area (Å²) in [5, 5.41) is 19.7. The van der Waals surface area contributed by atoms with Crippen molar-refractivity contribution in [2.75, 3.05) is 0 Å². The maximum absolute atomic E-state index is 9.85. The SMILES string of the molecule is Cc1cc(O)cc(C)c1-c1ccc(-c2cccc(-c3ccc(-c4c(C)cc(O)cc4C)cn3)n2)nc1. The van der Waals surface area contributed by atoms with Crippen LogP contribution in [0.15, 0.2) is 79.1 Å². The number of pyridine rings is 3. The molecule has 0 saturated heterocycles. The fraction of sp³-hybridized carbons (Fsp3) is 0.129. The van der Waals surface area contributed by atoms with E-state index in [1.807, 2.05) is 82.6 Å². The third-order valence-corrected chi connectivity index (χ3v) is 6.41. The van der Waals surface area contributed by atoms with Crippen LogP contribution in [0.1, 0.15) is 22.3 Å². The molecular weight excluding hydrogens is 446 g/mol. The molecular formula is C31H27N3O2. The molecule has 0 spiro atoms. The summed E-state index contributed by atoms with van der Waals surface area (Å²) in [4.78, 5) is 14.2. The van der Waals surface area contributed by atoms with Crippen LogP contribution in [0, 0.1) is 27.7 Å². The van der Waals surface area contributed by atoms with E-state index in [0.717, 1.165) is 67.3 Å². The molecule has 0 saturated carbocycles. The van der Waals surface area contributed by atoms with E-state index in [1.165, 1.54) is 0 Å². The summed E-state index contributed by atoms with van der Waals surface area (Å²) in [5.41, 5.74) is 11.3. The Morgan fingerprint density at radius 3 is 1.22 bits per heavy atom. The van der Waals surface area contributed by atoms with Crippen molar-refractivity contribution < 1.29 is 10.2 Å². The van der Waals surface area contributed by atoms with Crippen LogP contribution in [0.3, 0.4) is 0 Å². The predicted octanol–water partition coefficient (Wildman–Crippen LogP) is 7.18. The molecule has 0 aliphatic heterocycles. The molecule has 2 N–H and O–H groups in total. The smallest absolute Gasteiger partial charge is 0.116 e. The van der Waals surface area contributed by atoms with Gasteiger partial charge in [0.1, 0.15) is 11.5 Å². The van der Waals surface area contributed by atoms with E-state index in [-0.39, 0.29) is 11.5 Å². The third-order valence-electron chi connectivity index (χ3n) is 6.41. The number of aromatic hydroxyl groups is 2. The number of hydrogen-bond donors (Lipinski definition) is 2. The summed E-state index contributed by atoms with van der Waals surface area (Å²) in [6.07, 6.45) is 3.71. The van der Waals surface area contributed by atoms with Crippen LogP contribution in [0.2, 0.25) is 0 Å². The summed E-state index contributed by atoms with van der Waals surface area (Å²) in [5.74, 6) is 0.545. The van der Waals surface area contributed by atoms with Crippen molar-refractivity contribution >= 4 is 0 Å². The van der Waals surface area contributed by atoms with E-state index >= 15 is 0 Å². The minimum absolute atomic E-state index is 0.273. The van der Waals surface area contributed by atoms with Gasteiger partial charge in [0.05, 0.1) is 22.8 Å². The highest BCUT2D eigenvalue weighted by atomic mass is 16.3. The molecule has 5 heteroatoms. The zero-order valence-electron chi connectivity index (χ0n) is 20.7. The van der Waals surface area contributed by atoms with E-state index in [9.17, 15) is 10.2 Å². The Morgan fingerprint density at radius 2 is 0.889 bits per heavy atom. The lowest BCUT2D eigenvalue weighted by atomic mass is 9.96. The molecule has 0 atom stereocenters. The van der Waals surface area contributed by atoms with Crippen molar-refractivity contribution in [2.24, 2.45) is 0 Å². The second-order valence-electron chi connectivity index (χ2n) is 9.18. The molecule has 5 nitrogen and oxygen atoms in total. The van der Waals surface area contributed by atoms with Crippen LogP contribution < -0.4 is 0 Å². The summed E-state index contributed by atoms with van der Waals surface area (Å²) in [6.45, 7) is 7.96. The number of hydrogen-bond acceptors (Lipinski definition) is 5. The van der Waals surface area contributed by atoms with E-state index in [2.05, 4.69) is 9.97 Å². The quantitative estimate of drug-likeness (QED) is 0.289. The van der Waals surface area contributed by atoms with Crippen LogP contribution >= 0.6 is 0 Å². The Hall–Kier alpha value is -4.51. The summed E-state index contributed by atoms with van der Waals surface area (Å²) in [6, 6.07) is 20.9. The van der Waals surface area contributed by atoms with Gasteiger partial charge in [0, 0.05) is 23.5 Å². The van der Waals surface area contributed by atoms with Crippen molar-refractivity contribution in [1.29, 1.82) is 0 Å². The molecule has 2 aromatic carbocycles. The van der Waals surface area contributed by atoms with Gasteiger partial charge in [0.2, 0.25) is 0 Å². The minimum atomic E-state index is 0.273. The molecule has 0 unspecified atom stereocenters. The Morgan fingerprint density at radius 1 is 0.500 bits per heavy atom. The average Bonchev–Trinajstić information content (AvgIpc) is 2.84. The van der Waals surface area contributed by atoms with Crippen LogP contribution in [-0.4, -0.2) is 25.2 Å². The van der Waals surface area contributed by atoms with Gasteiger partial charge < -0.3 is 10.2 Å². The topological polar surface area (TPSA) is 79.1 Å². The van der Waals surface area contributed by atoms with Crippen molar-refractivity contribution in [3.05, 3.63) is 101 Å². The van der Waals surface area contributed by atoms with E-state index in [0.29, 0.717) is 0 Å². The molecule has 0 aliphatic carbocycles. The lowest BCUT2D eigenvalue weighted by Crippen LogP contribution is -1.94. The van der Waals surface area contributed by atoms with E-state index in [4.69, 9.17) is 4.98 Å². The van der Waals surface area contributed by atoms with Gasteiger partial charge >= 0.3 is 0 Å². The first-order chi connectivity index (χ1) is 17.3. The normalized spacial score (nSPS) is 11.0. The monoisotopic (exact) mass is 473 g/mol. The molecule has 0 aliphatic rings.